The van der Waals surface area contributed by atoms with Crippen molar-refractivity contribution in [1.29, 1.82) is 0 Å². The summed E-state index contributed by atoms with van der Waals surface area (Å²) in [4.78, 5) is 29.3. The topological polar surface area (TPSA) is 77.3 Å². The Labute approximate surface area is 739 Å². The van der Waals surface area contributed by atoms with Crippen LogP contribution in [0.5, 0.6) is 0 Å². The minimum absolute atomic E-state index is 0.184. The molecule has 0 saturated carbocycles. The van der Waals surface area contributed by atoms with E-state index in [2.05, 4.69) is 422 Å². The van der Waals surface area contributed by atoms with Gasteiger partial charge in [-0.25, -0.2) is 15.0 Å². The summed E-state index contributed by atoms with van der Waals surface area (Å²) in [5.41, 5.74) is 40.1. The molecule has 6 aromatic heterocycles. The molecule has 0 saturated heterocycles. The molecule has 22 aromatic rings. The van der Waals surface area contributed by atoms with Crippen LogP contribution < -0.4 is 0 Å². The predicted octanol–water partition coefficient (Wildman–Crippen LogP) is 31.4. The van der Waals surface area contributed by atoms with E-state index in [4.69, 9.17) is 19.9 Å². The van der Waals surface area contributed by atoms with Gasteiger partial charge in [-0.3, -0.25) is 15.0 Å². The Morgan fingerprint density at radius 2 is 0.504 bits per heavy atom. The second kappa shape index (κ2) is 30.3. The van der Waals surface area contributed by atoms with Crippen LogP contribution in [0.4, 0.5) is 0 Å². The maximum Gasteiger partial charge on any atom is 0.0759 e. The lowest BCUT2D eigenvalue weighted by Crippen LogP contribution is -2.16. The highest BCUT2D eigenvalue weighted by atomic mass is 14.8. The van der Waals surface area contributed by atoms with E-state index in [1.165, 1.54) is 182 Å². The van der Waals surface area contributed by atoms with Crippen molar-refractivity contribution < 1.29 is 0 Å². The van der Waals surface area contributed by atoms with Gasteiger partial charge >= 0.3 is 0 Å². The van der Waals surface area contributed by atoms with Crippen LogP contribution in [0.2, 0.25) is 0 Å². The predicted molar refractivity (Wildman–Crippen MR) is 530 cm³/mol. The van der Waals surface area contributed by atoms with Crippen LogP contribution in [0.25, 0.3) is 210 Å². The highest BCUT2D eigenvalue weighted by Gasteiger charge is 2.43. The number of para-hydroxylation sites is 1. The molecule has 6 heterocycles. The van der Waals surface area contributed by atoms with Gasteiger partial charge in [-0.15, -0.1) is 0 Å². The Morgan fingerprint density at radius 1 is 0.197 bits per heavy atom. The van der Waals surface area contributed by atoms with Crippen LogP contribution >= 0.6 is 0 Å². The molecular weight excluding hydrogens is 1540 g/mol. The third-order valence-corrected chi connectivity index (χ3v) is 27.0. The summed E-state index contributed by atoms with van der Waals surface area (Å²) in [5, 5.41) is 12.2. The molecule has 3 aliphatic rings. The van der Waals surface area contributed by atoms with Crippen LogP contribution in [0.15, 0.2) is 413 Å². The van der Waals surface area contributed by atoms with Crippen molar-refractivity contribution in [3.05, 3.63) is 447 Å². The fourth-order valence-electron chi connectivity index (χ4n) is 21.0. The number of benzene rings is 16. The molecule has 3 aliphatic carbocycles. The third kappa shape index (κ3) is 12.8. The SMILES string of the molecule is CC1(C)c2ccccc2-c2nc3ccc4ccccc4c3c(-c3cccc(-c4cccc(-c5cccnc5)c4)c3)c21.CC1(C)c2ccccc2-c2nc3ccc4ccccc4c3c(-c3cccc(-c4cccc(-c5ccncc5)c4)c3)c21.CC1(C)c2ccccc2-c2nc3ccc4ccccc4c3c(-c3cccc(-c4cccc(-c5cnc6ccccc6c5)c4)c3)c21. The zero-order valence-corrected chi connectivity index (χ0v) is 71.4. The summed E-state index contributed by atoms with van der Waals surface area (Å²) in [6.45, 7) is 14.1. The molecular formula is C121H86N6. The first kappa shape index (κ1) is 76.2. The van der Waals surface area contributed by atoms with Crippen molar-refractivity contribution in [2.24, 2.45) is 0 Å². The van der Waals surface area contributed by atoms with E-state index in [1.807, 2.05) is 43.1 Å². The fraction of sp³-hybridized carbons (Fsp3) is 0.0744. The first-order chi connectivity index (χ1) is 62.2. The monoisotopic (exact) mass is 1620 g/mol. The largest absolute Gasteiger partial charge is 0.265 e. The van der Waals surface area contributed by atoms with Gasteiger partial charge in [0.1, 0.15) is 0 Å². The van der Waals surface area contributed by atoms with Crippen molar-refractivity contribution >= 4 is 75.9 Å². The highest BCUT2D eigenvalue weighted by molar-refractivity contribution is 6.19. The van der Waals surface area contributed by atoms with Gasteiger partial charge in [-0.05, 0) is 240 Å². The number of hydrogen-bond acceptors (Lipinski definition) is 6. The van der Waals surface area contributed by atoms with Crippen molar-refractivity contribution in [3.8, 4) is 134 Å². The first-order valence-electron chi connectivity index (χ1n) is 43.9. The number of nitrogens with zero attached hydrogens (tertiary/aromatic N) is 6. The lowest BCUT2D eigenvalue weighted by molar-refractivity contribution is 0.661. The van der Waals surface area contributed by atoms with Gasteiger partial charge in [0.05, 0.1) is 39.1 Å². The van der Waals surface area contributed by atoms with Crippen molar-refractivity contribution in [2.75, 3.05) is 0 Å². The average Bonchev–Trinajstić information content (AvgIpc) is 1.57. The van der Waals surface area contributed by atoms with E-state index in [-0.39, 0.29) is 16.2 Å². The van der Waals surface area contributed by atoms with E-state index >= 15 is 0 Å². The van der Waals surface area contributed by atoms with E-state index in [1.54, 1.807) is 0 Å². The van der Waals surface area contributed by atoms with E-state index in [9.17, 15) is 0 Å². The molecule has 6 nitrogen and oxygen atoms in total. The molecule has 0 atom stereocenters. The Kier molecular flexibility index (Phi) is 18.2. The number of pyridine rings is 6. The summed E-state index contributed by atoms with van der Waals surface area (Å²) < 4.78 is 0. The van der Waals surface area contributed by atoms with Gasteiger partial charge in [0.2, 0.25) is 0 Å². The second-order valence-electron chi connectivity index (χ2n) is 35.6. The van der Waals surface area contributed by atoms with E-state index in [0.29, 0.717) is 0 Å². The number of hydrogen-bond donors (Lipinski definition) is 0. The lowest BCUT2D eigenvalue weighted by Gasteiger charge is -2.26. The maximum atomic E-state index is 5.37. The number of fused-ring (bicyclic) bond motifs is 19. The normalized spacial score (nSPS) is 13.3. The third-order valence-electron chi connectivity index (χ3n) is 27.0. The van der Waals surface area contributed by atoms with Crippen molar-refractivity contribution in [3.63, 3.8) is 0 Å². The molecule has 127 heavy (non-hydrogen) atoms. The minimum Gasteiger partial charge on any atom is -0.265 e. The molecule has 0 radical (unpaired) electrons. The molecule has 0 fully saturated rings. The van der Waals surface area contributed by atoms with Crippen LogP contribution in [0.3, 0.4) is 0 Å². The van der Waals surface area contributed by atoms with Gasteiger partial charge < -0.3 is 0 Å². The minimum atomic E-state index is -0.196. The Hall–Kier alpha value is -15.8. The van der Waals surface area contributed by atoms with Crippen LogP contribution in [-0.2, 0) is 16.2 Å². The van der Waals surface area contributed by atoms with Gasteiger partial charge in [0.25, 0.3) is 0 Å². The maximum absolute atomic E-state index is 5.37. The lowest BCUT2D eigenvalue weighted by atomic mass is 9.77. The molecule has 16 aromatic carbocycles. The molecule has 0 bridgehead atoms. The number of rotatable bonds is 9. The van der Waals surface area contributed by atoms with Gasteiger partial charge in [0, 0.05) is 96.6 Å². The van der Waals surface area contributed by atoms with E-state index < -0.39 is 0 Å². The molecule has 0 spiro atoms. The van der Waals surface area contributed by atoms with Gasteiger partial charge in [-0.1, -0.05) is 339 Å². The summed E-state index contributed by atoms with van der Waals surface area (Å²) in [6.07, 6.45) is 9.42. The van der Waals surface area contributed by atoms with Crippen molar-refractivity contribution in [2.45, 2.75) is 57.8 Å². The molecule has 25 rings (SSSR count). The molecule has 0 aliphatic heterocycles. The van der Waals surface area contributed by atoms with Crippen LogP contribution in [0.1, 0.15) is 74.9 Å². The van der Waals surface area contributed by atoms with Crippen molar-refractivity contribution in [1.82, 2.24) is 29.9 Å². The van der Waals surface area contributed by atoms with Crippen LogP contribution in [-0.4, -0.2) is 29.9 Å². The second-order valence-corrected chi connectivity index (χ2v) is 35.6. The van der Waals surface area contributed by atoms with Gasteiger partial charge in [0.15, 0.2) is 0 Å². The quantitative estimate of drug-likeness (QED) is 0.134. The molecule has 600 valence electrons. The van der Waals surface area contributed by atoms with Crippen LogP contribution in [0, 0.1) is 0 Å². The Morgan fingerprint density at radius 3 is 0.882 bits per heavy atom. The van der Waals surface area contributed by atoms with E-state index in [0.717, 1.165) is 61.2 Å². The zero-order chi connectivity index (χ0) is 85.2. The highest BCUT2D eigenvalue weighted by Crippen LogP contribution is 2.58. The number of aromatic nitrogens is 6. The molecule has 0 unspecified atom stereocenters. The molecule has 6 heteroatoms. The smallest absolute Gasteiger partial charge is 0.0759 e. The fourth-order valence-corrected chi connectivity index (χ4v) is 21.0. The zero-order valence-electron chi connectivity index (χ0n) is 71.4. The first-order valence-corrected chi connectivity index (χ1v) is 43.9. The molecule has 0 N–H and O–H groups in total. The summed E-state index contributed by atoms with van der Waals surface area (Å²) >= 11 is 0. The molecule has 0 amide bonds. The Balaban J connectivity index is 0.000000109. The summed E-state index contributed by atoms with van der Waals surface area (Å²) in [5.74, 6) is 0. The summed E-state index contributed by atoms with van der Waals surface area (Å²) in [6, 6.07) is 138. The van der Waals surface area contributed by atoms with Gasteiger partial charge in [-0.2, -0.15) is 0 Å². The Bertz CT molecular complexity index is 7940. The average molecular weight is 1620 g/mol. The standard InChI is InChI=1S/C43H30N2.2C39H28N2/c1-43(2)36-19-7-6-18-35(36)42-41(43)39(40-34-17-5-3-11-27(34)21-22-38(40)45-42)32-16-10-14-29(24-32)28-13-9-15-30(23-28)33-25-31-12-4-8-20-37(31)44-26-33;1-39(2)33-18-6-5-17-32(33)38-37(39)35(36-31-16-4-3-10-25(31)19-20-34(36)41-38)29-14-8-12-27(23-29)26-11-7-13-28(22-26)30-15-9-21-40-24-30;1-39(2)33-16-6-5-15-32(33)38-37(39)35(36-31-14-4-3-9-26(31)17-18-34(36)41-38)30-13-8-12-29(24-30)28-11-7-10-27(23-28)25-19-21-40-22-20-25/h3-26H,1-2H3;2*3-24H,1-2H3. The summed E-state index contributed by atoms with van der Waals surface area (Å²) in [7, 11) is 0.